The molecule has 0 N–H and O–H groups in total. The maximum atomic E-state index is 14.6. The van der Waals surface area contributed by atoms with E-state index < -0.39 is 21.8 Å². The Hall–Kier alpha value is -2.99. The summed E-state index contributed by atoms with van der Waals surface area (Å²) >= 11 is 0. The van der Waals surface area contributed by atoms with Gasteiger partial charge in [0.25, 0.3) is 0 Å². The number of aromatic nitrogens is 2. The summed E-state index contributed by atoms with van der Waals surface area (Å²) in [5.74, 6) is 1.03. The highest BCUT2D eigenvalue weighted by Crippen LogP contribution is 2.35. The third-order valence-electron chi connectivity index (χ3n) is 6.61. The van der Waals surface area contributed by atoms with Crippen LogP contribution < -0.4 is 9.64 Å². The smallest absolute Gasteiger partial charge is 0.435 e. The Kier molecular flexibility index (Phi) is 8.71. The second-order valence-corrected chi connectivity index (χ2v) is 12.3. The molecular weight excluding hydrogens is 515 g/mol. The van der Waals surface area contributed by atoms with Crippen molar-refractivity contribution in [2.24, 2.45) is 11.8 Å². The molecule has 2 aliphatic rings. The van der Waals surface area contributed by atoms with Gasteiger partial charge < -0.3 is 19.2 Å². The molecule has 1 aromatic heterocycles. The topological polar surface area (TPSA) is 111 Å². The molecule has 0 spiro atoms. The first kappa shape index (κ1) is 28.0. The van der Waals surface area contributed by atoms with Crippen LogP contribution in [0.1, 0.15) is 45.1 Å². The predicted octanol–water partition coefficient (Wildman–Crippen LogP) is 4.52. The second-order valence-electron chi connectivity index (χ2n) is 10.3. The molecule has 1 saturated heterocycles. The Labute approximate surface area is 223 Å². The lowest BCUT2D eigenvalue weighted by Crippen LogP contribution is -2.41. The Morgan fingerprint density at radius 1 is 1.13 bits per heavy atom. The van der Waals surface area contributed by atoms with E-state index in [9.17, 15) is 17.6 Å². The van der Waals surface area contributed by atoms with Crippen molar-refractivity contribution in [2.75, 3.05) is 37.3 Å². The van der Waals surface area contributed by atoms with Crippen molar-refractivity contribution in [1.82, 2.24) is 15.0 Å². The molecule has 0 bridgehead atoms. The van der Waals surface area contributed by atoms with Crippen LogP contribution in [0, 0.1) is 24.6 Å². The van der Waals surface area contributed by atoms with E-state index in [1.165, 1.54) is 31.3 Å². The molecule has 2 fully saturated rings. The first-order chi connectivity index (χ1) is 18.0. The number of hydrogen-bond acceptors (Lipinski definition) is 10. The first-order valence-electron chi connectivity index (χ1n) is 12.9. The van der Waals surface area contributed by atoms with E-state index in [-0.39, 0.29) is 22.6 Å². The normalized spacial score (nSPS) is 16.9. The molecule has 38 heavy (non-hydrogen) atoms. The summed E-state index contributed by atoms with van der Waals surface area (Å²) in [6.45, 7) is 8.26. The van der Waals surface area contributed by atoms with Crippen molar-refractivity contribution in [3.8, 4) is 11.6 Å². The molecule has 2 heterocycles. The Bertz CT molecular complexity index is 1250. The number of hydroxylamine groups is 2. The van der Waals surface area contributed by atoms with Crippen LogP contribution in [0.2, 0.25) is 0 Å². The number of halogens is 1. The van der Waals surface area contributed by atoms with Gasteiger partial charge in [-0.3, -0.25) is 0 Å². The van der Waals surface area contributed by atoms with Gasteiger partial charge in [-0.1, -0.05) is 0 Å². The van der Waals surface area contributed by atoms with E-state index in [2.05, 4.69) is 14.9 Å². The summed E-state index contributed by atoms with van der Waals surface area (Å²) in [7, 11) is -3.54. The van der Waals surface area contributed by atoms with Crippen LogP contribution in [0.4, 0.5) is 15.0 Å². The number of benzene rings is 1. The van der Waals surface area contributed by atoms with Gasteiger partial charge in [0, 0.05) is 32.4 Å². The van der Waals surface area contributed by atoms with Crippen LogP contribution in [-0.4, -0.2) is 68.1 Å². The zero-order valence-electron chi connectivity index (χ0n) is 22.2. The van der Waals surface area contributed by atoms with E-state index in [0.717, 1.165) is 44.1 Å². The number of piperidine rings is 1. The van der Waals surface area contributed by atoms with E-state index in [0.29, 0.717) is 30.5 Å². The highest BCUT2D eigenvalue weighted by Gasteiger charge is 2.30. The highest BCUT2D eigenvalue weighted by molar-refractivity contribution is 7.90. The van der Waals surface area contributed by atoms with Gasteiger partial charge in [-0.25, -0.2) is 27.6 Å². The number of carbonyl (C=O) groups excluding carboxylic acids is 1. The number of hydrogen-bond donors (Lipinski definition) is 0. The minimum Gasteiger partial charge on any atom is -0.435 e. The number of carbonyl (C=O) groups is 1. The quantitative estimate of drug-likeness (QED) is 0.391. The minimum absolute atomic E-state index is 0.109. The Morgan fingerprint density at radius 3 is 2.37 bits per heavy atom. The molecule has 208 valence electrons. The first-order valence-corrected chi connectivity index (χ1v) is 14.8. The van der Waals surface area contributed by atoms with Crippen molar-refractivity contribution in [3.63, 3.8) is 0 Å². The highest BCUT2D eigenvalue weighted by atomic mass is 32.2. The zero-order valence-corrected chi connectivity index (χ0v) is 23.0. The van der Waals surface area contributed by atoms with Gasteiger partial charge in [-0.2, -0.15) is 0 Å². The fraction of sp³-hybridized carbons (Fsp3) is 0.577. The van der Waals surface area contributed by atoms with Gasteiger partial charge in [0.1, 0.15) is 12.1 Å². The maximum absolute atomic E-state index is 14.6. The van der Waals surface area contributed by atoms with Crippen molar-refractivity contribution in [2.45, 2.75) is 57.5 Å². The maximum Gasteiger partial charge on any atom is 0.528 e. The number of sulfone groups is 1. The van der Waals surface area contributed by atoms with Crippen LogP contribution in [0.25, 0.3) is 0 Å². The molecule has 10 nitrogen and oxygen atoms in total. The lowest BCUT2D eigenvalue weighted by Gasteiger charge is -2.34. The van der Waals surface area contributed by atoms with Gasteiger partial charge >= 0.3 is 6.16 Å². The summed E-state index contributed by atoms with van der Waals surface area (Å²) in [6, 6.07) is 3.55. The van der Waals surface area contributed by atoms with E-state index in [4.69, 9.17) is 14.3 Å². The average molecular weight is 551 g/mol. The summed E-state index contributed by atoms with van der Waals surface area (Å²) in [5, 5.41) is 1.65. The third-order valence-corrected chi connectivity index (χ3v) is 7.72. The van der Waals surface area contributed by atoms with Gasteiger partial charge in [0.2, 0.25) is 5.88 Å². The van der Waals surface area contributed by atoms with Crippen LogP contribution >= 0.6 is 0 Å². The van der Waals surface area contributed by atoms with Gasteiger partial charge in [0.05, 0.1) is 16.6 Å². The van der Waals surface area contributed by atoms with Gasteiger partial charge in [-0.05, 0) is 76.5 Å². The molecule has 0 unspecified atom stereocenters. The fourth-order valence-corrected chi connectivity index (χ4v) is 5.05. The molecule has 1 aliphatic heterocycles. The number of ether oxygens (including phenoxy) is 2. The average Bonchev–Trinajstić information content (AvgIpc) is 3.65. The monoisotopic (exact) mass is 550 g/mol. The molecule has 0 amide bonds. The Morgan fingerprint density at radius 2 is 1.79 bits per heavy atom. The predicted molar refractivity (Wildman–Crippen MR) is 138 cm³/mol. The van der Waals surface area contributed by atoms with Crippen LogP contribution in [-0.2, 0) is 19.4 Å². The molecular formula is C26H35FN4O6S. The van der Waals surface area contributed by atoms with E-state index in [1.807, 2.05) is 6.92 Å². The summed E-state index contributed by atoms with van der Waals surface area (Å²) < 4.78 is 48.9. The lowest BCUT2D eigenvalue weighted by atomic mass is 9.97. The van der Waals surface area contributed by atoms with Crippen LogP contribution in [0.3, 0.4) is 0 Å². The third kappa shape index (κ3) is 7.53. The molecule has 0 atom stereocenters. The van der Waals surface area contributed by atoms with E-state index in [1.54, 1.807) is 18.9 Å². The fourth-order valence-electron chi connectivity index (χ4n) is 4.42. The van der Waals surface area contributed by atoms with Crippen molar-refractivity contribution < 1.29 is 31.9 Å². The van der Waals surface area contributed by atoms with Crippen LogP contribution in [0.5, 0.6) is 11.6 Å². The van der Waals surface area contributed by atoms with E-state index >= 15 is 0 Å². The lowest BCUT2D eigenvalue weighted by molar-refractivity contribution is -0.146. The molecule has 1 aliphatic carbocycles. The zero-order chi connectivity index (χ0) is 27.4. The summed E-state index contributed by atoms with van der Waals surface area (Å²) in [4.78, 5) is 28.0. The summed E-state index contributed by atoms with van der Waals surface area (Å²) in [5.41, 5.74) is 0.678. The molecule has 1 aromatic carbocycles. The Balaban J connectivity index is 1.44. The summed E-state index contributed by atoms with van der Waals surface area (Å²) in [6.07, 6.45) is 5.55. The second kappa shape index (κ2) is 11.8. The number of nitrogens with zero attached hydrogens (tertiary/aromatic N) is 4. The van der Waals surface area contributed by atoms with Gasteiger partial charge in [-0.15, -0.1) is 5.06 Å². The largest absolute Gasteiger partial charge is 0.528 e. The molecule has 4 rings (SSSR count). The van der Waals surface area contributed by atoms with Gasteiger partial charge in [0.15, 0.2) is 21.4 Å². The molecule has 12 heteroatoms. The molecule has 1 saturated carbocycles. The molecule has 2 aromatic rings. The van der Waals surface area contributed by atoms with Crippen molar-refractivity contribution in [3.05, 3.63) is 35.9 Å². The molecule has 0 radical (unpaired) electrons. The number of rotatable bonds is 10. The van der Waals surface area contributed by atoms with Crippen LogP contribution in [0.15, 0.2) is 29.4 Å². The SMILES string of the molecule is Cc1c(Oc2ccc(S(C)(=O)=O)cc2F)ncnc1N(CC1CC1)CC1CCN(OC(=O)OC(C)C)CC1. The minimum atomic E-state index is -3.54. The number of anilines is 1. The van der Waals surface area contributed by atoms with Crippen molar-refractivity contribution >= 4 is 21.8 Å². The standard InChI is InChI=1S/C26H35FN4O6S/c1-17(2)35-26(32)37-31-11-9-20(10-12-31)15-30(14-19-5-6-19)24-18(3)25(29-16-28-24)36-23-8-7-21(13-22(23)27)38(4,33)34/h7-8,13,16-17,19-20H,5-6,9-12,14-15H2,1-4H3. The van der Waals surface area contributed by atoms with Crippen molar-refractivity contribution in [1.29, 1.82) is 0 Å².